The number of rotatable bonds is 5. The lowest BCUT2D eigenvalue weighted by Crippen LogP contribution is -2.63. The molecule has 0 unspecified atom stereocenters. The van der Waals surface area contributed by atoms with Gasteiger partial charge in [0.05, 0.1) is 0 Å². The van der Waals surface area contributed by atoms with Gasteiger partial charge in [0.15, 0.2) is 12.4 Å². The Morgan fingerprint density at radius 1 is 1.25 bits per heavy atom. The summed E-state index contributed by atoms with van der Waals surface area (Å²) in [5, 5.41) is 0. The number of carbonyl (C=O) groups is 2. The number of imide groups is 1. The Hall–Kier alpha value is -1.92. The number of hydrogen-bond donors (Lipinski definition) is 0. The highest BCUT2D eigenvalue weighted by molar-refractivity contribution is 6.01. The first-order chi connectivity index (χ1) is 11.2. The summed E-state index contributed by atoms with van der Waals surface area (Å²) in [4.78, 5) is 26.0. The summed E-state index contributed by atoms with van der Waals surface area (Å²) in [5.74, 6) is -0.412. The second-order valence-corrected chi connectivity index (χ2v) is 6.62. The van der Waals surface area contributed by atoms with E-state index in [2.05, 4.69) is 0 Å². The molecule has 0 aromatic heterocycles. The predicted molar refractivity (Wildman–Crippen MR) is 88.2 cm³/mol. The highest BCUT2D eigenvalue weighted by Gasteiger charge is 2.54. The molecule has 24 heavy (non-hydrogen) atoms. The van der Waals surface area contributed by atoms with Gasteiger partial charge in [0.2, 0.25) is 0 Å². The average molecular weight is 335 g/mol. The smallest absolute Gasteiger partial charge is 0.417 e. The van der Waals surface area contributed by atoms with E-state index < -0.39 is 36.0 Å². The fourth-order valence-electron chi connectivity index (χ4n) is 2.56. The zero-order valence-electron chi connectivity index (χ0n) is 14.8. The van der Waals surface area contributed by atoms with Gasteiger partial charge < -0.3 is 14.2 Å². The topological polar surface area (TPSA) is 65.1 Å². The Morgan fingerprint density at radius 2 is 1.88 bits per heavy atom. The molecule has 0 radical (unpaired) electrons. The van der Waals surface area contributed by atoms with E-state index in [0.717, 1.165) is 10.5 Å². The summed E-state index contributed by atoms with van der Waals surface area (Å²) in [6.45, 7) is 9.35. The Morgan fingerprint density at radius 3 is 2.42 bits per heavy atom. The first kappa shape index (κ1) is 18.4. The summed E-state index contributed by atoms with van der Waals surface area (Å²) in [6.07, 6.45) is -1.96. The van der Waals surface area contributed by atoms with Crippen molar-refractivity contribution in [2.75, 3.05) is 6.61 Å². The number of carbonyl (C=O) groups excluding carboxylic acids is 2. The van der Waals surface area contributed by atoms with Gasteiger partial charge in [-0.15, -0.1) is 0 Å². The molecule has 0 N–H and O–H groups in total. The molecule has 132 valence electrons. The van der Waals surface area contributed by atoms with Gasteiger partial charge in [-0.2, -0.15) is 0 Å². The van der Waals surface area contributed by atoms with Gasteiger partial charge in [-0.25, -0.2) is 9.69 Å². The largest absolute Gasteiger partial charge is 0.443 e. The third kappa shape index (κ3) is 4.13. The van der Waals surface area contributed by atoms with E-state index in [1.165, 1.54) is 0 Å². The molecule has 2 rings (SSSR count). The first-order valence-electron chi connectivity index (χ1n) is 8.12. The summed E-state index contributed by atoms with van der Waals surface area (Å²) in [7, 11) is 0. The van der Waals surface area contributed by atoms with Crippen molar-refractivity contribution in [2.45, 2.75) is 58.7 Å². The molecule has 1 saturated heterocycles. The highest BCUT2D eigenvalue weighted by atomic mass is 16.7. The molecule has 0 aliphatic carbocycles. The van der Waals surface area contributed by atoms with Crippen LogP contribution in [0.2, 0.25) is 0 Å². The summed E-state index contributed by atoms with van der Waals surface area (Å²) in [5.41, 5.74) is 0.139. The molecule has 2 amide bonds. The monoisotopic (exact) mass is 335 g/mol. The van der Waals surface area contributed by atoms with Crippen LogP contribution in [-0.4, -0.2) is 41.5 Å². The van der Waals surface area contributed by atoms with Crippen molar-refractivity contribution < 1.29 is 23.8 Å². The first-order valence-corrected chi connectivity index (χ1v) is 8.12. The fourth-order valence-corrected chi connectivity index (χ4v) is 2.56. The zero-order valence-corrected chi connectivity index (χ0v) is 14.8. The SMILES string of the molecule is CCO[C@@H](C)O[C@H]1C(=O)N(C(=O)OC(C)(C)C)[C@H]1c1ccccc1. The minimum absolute atomic E-state index is 0.412. The van der Waals surface area contributed by atoms with E-state index >= 15 is 0 Å². The minimum Gasteiger partial charge on any atom is -0.443 e. The molecule has 1 aliphatic rings. The quantitative estimate of drug-likeness (QED) is 0.610. The molecule has 6 nitrogen and oxygen atoms in total. The predicted octanol–water partition coefficient (Wildman–Crippen LogP) is 3.27. The standard InChI is InChI=1S/C18H25NO5/c1-6-22-12(2)23-15-14(13-10-8-7-9-11-13)19(16(15)20)17(21)24-18(3,4)5/h7-12,14-15H,6H2,1-5H3/t12-,14+,15-/m1/s1. The van der Waals surface area contributed by atoms with E-state index in [-0.39, 0.29) is 0 Å². The molecule has 0 saturated carbocycles. The van der Waals surface area contributed by atoms with Crippen molar-refractivity contribution in [3.05, 3.63) is 35.9 Å². The Kier molecular flexibility index (Phi) is 5.62. The van der Waals surface area contributed by atoms with Crippen LogP contribution >= 0.6 is 0 Å². The minimum atomic E-state index is -0.763. The molecule has 1 fully saturated rings. The number of hydrogen-bond acceptors (Lipinski definition) is 5. The summed E-state index contributed by atoms with van der Waals surface area (Å²) >= 11 is 0. The molecule has 3 atom stereocenters. The van der Waals surface area contributed by atoms with Gasteiger partial charge in [0.1, 0.15) is 11.6 Å². The van der Waals surface area contributed by atoms with Crippen LogP contribution in [0.4, 0.5) is 4.79 Å². The zero-order chi connectivity index (χ0) is 17.9. The number of nitrogens with zero attached hydrogens (tertiary/aromatic N) is 1. The van der Waals surface area contributed by atoms with E-state index in [9.17, 15) is 9.59 Å². The van der Waals surface area contributed by atoms with Crippen LogP contribution in [0.3, 0.4) is 0 Å². The van der Waals surface area contributed by atoms with Crippen LogP contribution in [0.25, 0.3) is 0 Å². The van der Waals surface area contributed by atoms with Crippen molar-refractivity contribution in [1.82, 2.24) is 4.90 Å². The number of β-lactam (4-membered cyclic amide) rings is 1. The van der Waals surface area contributed by atoms with E-state index in [0.29, 0.717) is 6.61 Å². The average Bonchev–Trinajstić information content (AvgIpc) is 2.49. The van der Waals surface area contributed by atoms with Crippen LogP contribution in [-0.2, 0) is 19.0 Å². The molecule has 1 aromatic carbocycles. The molecule has 1 heterocycles. The number of amides is 2. The molecule has 1 aliphatic heterocycles. The van der Waals surface area contributed by atoms with Crippen LogP contribution in [0, 0.1) is 0 Å². The second kappa shape index (κ2) is 7.32. The number of likely N-dealkylation sites (tertiary alicyclic amines) is 1. The highest BCUT2D eigenvalue weighted by Crippen LogP contribution is 2.38. The lowest BCUT2D eigenvalue weighted by atomic mass is 9.91. The van der Waals surface area contributed by atoms with Crippen LogP contribution < -0.4 is 0 Å². The third-order valence-corrected chi connectivity index (χ3v) is 3.52. The molecule has 0 bridgehead atoms. The molecular weight excluding hydrogens is 310 g/mol. The van der Waals surface area contributed by atoms with Crippen molar-refractivity contribution in [3.63, 3.8) is 0 Å². The maximum absolute atomic E-state index is 12.5. The van der Waals surface area contributed by atoms with Crippen LogP contribution in [0.1, 0.15) is 46.2 Å². The molecular formula is C18H25NO5. The van der Waals surface area contributed by atoms with Crippen molar-refractivity contribution in [2.24, 2.45) is 0 Å². The Balaban J connectivity index is 2.21. The van der Waals surface area contributed by atoms with Gasteiger partial charge >= 0.3 is 6.09 Å². The maximum atomic E-state index is 12.5. The Bertz CT molecular complexity index is 581. The van der Waals surface area contributed by atoms with Gasteiger partial charge in [-0.3, -0.25) is 4.79 Å². The molecule has 6 heteroatoms. The van der Waals surface area contributed by atoms with Crippen molar-refractivity contribution >= 4 is 12.0 Å². The molecule has 0 spiro atoms. The lowest BCUT2D eigenvalue weighted by Gasteiger charge is -2.45. The van der Waals surface area contributed by atoms with Gasteiger partial charge in [-0.05, 0) is 40.2 Å². The van der Waals surface area contributed by atoms with E-state index in [4.69, 9.17) is 14.2 Å². The summed E-state index contributed by atoms with van der Waals surface area (Å²) < 4.78 is 16.4. The second-order valence-electron chi connectivity index (χ2n) is 6.62. The normalized spacial score (nSPS) is 22.0. The molecule has 1 aromatic rings. The number of benzene rings is 1. The van der Waals surface area contributed by atoms with Crippen LogP contribution in [0.5, 0.6) is 0 Å². The summed E-state index contributed by atoms with van der Waals surface area (Å²) in [6, 6.07) is 8.78. The van der Waals surface area contributed by atoms with Gasteiger partial charge in [0.25, 0.3) is 5.91 Å². The maximum Gasteiger partial charge on any atom is 0.417 e. The third-order valence-electron chi connectivity index (χ3n) is 3.52. The van der Waals surface area contributed by atoms with E-state index in [1.807, 2.05) is 37.3 Å². The van der Waals surface area contributed by atoms with Crippen molar-refractivity contribution in [1.29, 1.82) is 0 Å². The van der Waals surface area contributed by atoms with Crippen molar-refractivity contribution in [3.8, 4) is 0 Å². The van der Waals surface area contributed by atoms with Gasteiger partial charge in [-0.1, -0.05) is 30.3 Å². The van der Waals surface area contributed by atoms with Gasteiger partial charge in [0, 0.05) is 6.61 Å². The number of ether oxygens (including phenoxy) is 3. The fraction of sp³-hybridized carbons (Fsp3) is 0.556. The van der Waals surface area contributed by atoms with Crippen LogP contribution in [0.15, 0.2) is 30.3 Å². The lowest BCUT2D eigenvalue weighted by molar-refractivity contribution is -0.211. The Labute approximate surface area is 142 Å². The van der Waals surface area contributed by atoms with E-state index in [1.54, 1.807) is 27.7 Å².